The first-order valence-corrected chi connectivity index (χ1v) is 10.4. The van der Waals surface area contributed by atoms with Crippen LogP contribution >= 0.6 is 0 Å². The topological polar surface area (TPSA) is 63.6 Å². The van der Waals surface area contributed by atoms with Crippen molar-refractivity contribution in [2.45, 2.75) is 84.3 Å². The van der Waals surface area contributed by atoms with Crippen molar-refractivity contribution >= 4 is 11.8 Å². The molecule has 0 heterocycles. The Morgan fingerprint density at radius 1 is 1.19 bits per heavy atom. The van der Waals surface area contributed by atoms with Crippen molar-refractivity contribution in [1.82, 2.24) is 0 Å². The summed E-state index contributed by atoms with van der Waals surface area (Å²) in [7, 11) is 0. The molecule has 144 valence electrons. The van der Waals surface area contributed by atoms with Gasteiger partial charge in [-0.15, -0.1) is 0 Å². The molecule has 0 saturated heterocycles. The molecule has 1 N–H and O–H groups in total. The number of rotatable bonds is 2. The van der Waals surface area contributed by atoms with Crippen LogP contribution in [0, 0.1) is 28.6 Å². The van der Waals surface area contributed by atoms with Crippen LogP contribution in [0.25, 0.3) is 0 Å². The van der Waals surface area contributed by atoms with Gasteiger partial charge >= 0.3 is 5.97 Å². The summed E-state index contributed by atoms with van der Waals surface area (Å²) in [4.78, 5) is 24.8. The molecule has 3 saturated carbocycles. The average molecular weight is 360 g/mol. The van der Waals surface area contributed by atoms with Crippen molar-refractivity contribution in [2.75, 3.05) is 0 Å². The summed E-state index contributed by atoms with van der Waals surface area (Å²) in [6.07, 6.45) is 8.12. The SMILES string of the molecule is CCC(=O)OC1C=C2CC(O)CC[C@]2(C)[C@H]2CC[C@]3(C)C(=O)CC[C@H]3[C@H]12. The summed E-state index contributed by atoms with van der Waals surface area (Å²) in [6.45, 7) is 6.32. The van der Waals surface area contributed by atoms with Gasteiger partial charge in [0.15, 0.2) is 0 Å². The molecule has 4 aliphatic rings. The second-order valence-electron chi connectivity index (χ2n) is 9.52. The Labute approximate surface area is 156 Å². The lowest BCUT2D eigenvalue weighted by Crippen LogP contribution is -2.55. The second kappa shape index (κ2) is 6.19. The molecule has 4 aliphatic carbocycles. The lowest BCUT2D eigenvalue weighted by molar-refractivity contribution is -0.160. The van der Waals surface area contributed by atoms with E-state index in [2.05, 4.69) is 19.9 Å². The number of aliphatic hydroxyl groups excluding tert-OH is 1. The zero-order valence-electron chi connectivity index (χ0n) is 16.3. The van der Waals surface area contributed by atoms with Gasteiger partial charge in [0.2, 0.25) is 0 Å². The van der Waals surface area contributed by atoms with Gasteiger partial charge in [-0.25, -0.2) is 0 Å². The number of hydrogen-bond donors (Lipinski definition) is 1. The summed E-state index contributed by atoms with van der Waals surface area (Å²) in [5.74, 6) is 1.22. The zero-order valence-corrected chi connectivity index (χ0v) is 16.3. The van der Waals surface area contributed by atoms with Crippen LogP contribution in [0.5, 0.6) is 0 Å². The van der Waals surface area contributed by atoms with Crippen LogP contribution in [-0.2, 0) is 14.3 Å². The summed E-state index contributed by atoms with van der Waals surface area (Å²) in [5.41, 5.74) is 1.11. The normalized spacial score (nSPS) is 47.5. The number of ketones is 1. The maximum atomic E-state index is 12.6. The van der Waals surface area contributed by atoms with E-state index in [9.17, 15) is 14.7 Å². The minimum absolute atomic E-state index is 0.0754. The number of aliphatic hydroxyl groups is 1. The summed E-state index contributed by atoms with van der Waals surface area (Å²) in [6, 6.07) is 0. The molecule has 0 aromatic carbocycles. The van der Waals surface area contributed by atoms with Crippen LogP contribution in [0.15, 0.2) is 11.6 Å². The third-order valence-electron chi connectivity index (χ3n) is 8.35. The van der Waals surface area contributed by atoms with Gasteiger partial charge in [-0.2, -0.15) is 0 Å². The predicted octanol–water partition coefficient (Wildman–Crippen LogP) is 3.81. The van der Waals surface area contributed by atoms with Crippen LogP contribution in [-0.4, -0.2) is 29.1 Å². The van der Waals surface area contributed by atoms with E-state index in [0.717, 1.165) is 32.1 Å². The van der Waals surface area contributed by atoms with Crippen molar-refractivity contribution in [1.29, 1.82) is 0 Å². The molecule has 0 bridgehead atoms. The Balaban J connectivity index is 1.76. The number of carbonyl (C=O) groups excluding carboxylic acids is 2. The molecule has 0 radical (unpaired) electrons. The van der Waals surface area contributed by atoms with Gasteiger partial charge in [0.05, 0.1) is 6.10 Å². The fourth-order valence-corrected chi connectivity index (χ4v) is 6.72. The van der Waals surface area contributed by atoms with E-state index in [1.54, 1.807) is 0 Å². The largest absolute Gasteiger partial charge is 0.458 e. The first kappa shape index (κ1) is 18.2. The Morgan fingerprint density at radius 2 is 1.88 bits per heavy atom. The van der Waals surface area contributed by atoms with E-state index in [-0.39, 0.29) is 34.9 Å². The molecule has 4 nitrogen and oxygen atoms in total. The van der Waals surface area contributed by atoms with Crippen molar-refractivity contribution < 1.29 is 19.4 Å². The highest BCUT2D eigenvalue weighted by Crippen LogP contribution is 2.64. The highest BCUT2D eigenvalue weighted by molar-refractivity contribution is 5.87. The number of fused-ring (bicyclic) bond motifs is 5. The van der Waals surface area contributed by atoms with E-state index >= 15 is 0 Å². The molecule has 0 aromatic rings. The van der Waals surface area contributed by atoms with E-state index in [0.29, 0.717) is 36.9 Å². The zero-order chi connectivity index (χ0) is 18.7. The Morgan fingerprint density at radius 3 is 2.62 bits per heavy atom. The van der Waals surface area contributed by atoms with Crippen molar-refractivity contribution in [3.8, 4) is 0 Å². The van der Waals surface area contributed by atoms with Gasteiger partial charge in [0, 0.05) is 24.2 Å². The predicted molar refractivity (Wildman–Crippen MR) is 98.3 cm³/mol. The standard InChI is InChI=1S/C22H32O4/c1-4-19(25)26-17-12-13-11-14(23)7-9-21(13,2)16-8-10-22(3)15(20(16)17)5-6-18(22)24/h12,14-17,20,23H,4-11H2,1-3H3/t14?,15-,16-,17?,20-,21-,22-/m0/s1. The van der Waals surface area contributed by atoms with Gasteiger partial charge in [-0.3, -0.25) is 9.59 Å². The Hall–Kier alpha value is -1.16. The van der Waals surface area contributed by atoms with Crippen molar-refractivity contribution in [3.63, 3.8) is 0 Å². The monoisotopic (exact) mass is 360 g/mol. The molecule has 7 atom stereocenters. The molecule has 4 heteroatoms. The number of hydrogen-bond acceptors (Lipinski definition) is 4. The highest BCUT2D eigenvalue weighted by Gasteiger charge is 2.61. The molecule has 0 amide bonds. The maximum absolute atomic E-state index is 12.6. The summed E-state index contributed by atoms with van der Waals surface area (Å²) < 4.78 is 5.92. The molecular formula is C22H32O4. The molecule has 0 aliphatic heterocycles. The van der Waals surface area contributed by atoms with Crippen LogP contribution in [0.4, 0.5) is 0 Å². The van der Waals surface area contributed by atoms with Gasteiger partial charge in [-0.05, 0) is 61.9 Å². The third-order valence-corrected chi connectivity index (χ3v) is 8.35. The number of esters is 1. The van der Waals surface area contributed by atoms with Gasteiger partial charge < -0.3 is 9.84 Å². The summed E-state index contributed by atoms with van der Waals surface area (Å²) in [5, 5.41) is 10.2. The average Bonchev–Trinajstić information content (AvgIpc) is 2.91. The first-order valence-electron chi connectivity index (χ1n) is 10.4. The van der Waals surface area contributed by atoms with Gasteiger partial charge in [-0.1, -0.05) is 26.3 Å². The molecule has 2 unspecified atom stereocenters. The van der Waals surface area contributed by atoms with E-state index in [4.69, 9.17) is 4.74 Å². The maximum Gasteiger partial charge on any atom is 0.306 e. The van der Waals surface area contributed by atoms with E-state index in [1.165, 1.54) is 5.57 Å². The number of carbonyl (C=O) groups is 2. The van der Waals surface area contributed by atoms with Gasteiger partial charge in [0.25, 0.3) is 0 Å². The summed E-state index contributed by atoms with van der Waals surface area (Å²) >= 11 is 0. The molecule has 3 fully saturated rings. The minimum Gasteiger partial charge on any atom is -0.458 e. The fourth-order valence-electron chi connectivity index (χ4n) is 6.72. The van der Waals surface area contributed by atoms with E-state index in [1.807, 2.05) is 6.92 Å². The van der Waals surface area contributed by atoms with Crippen LogP contribution < -0.4 is 0 Å². The van der Waals surface area contributed by atoms with Crippen LogP contribution in [0.3, 0.4) is 0 Å². The molecule has 0 aromatic heterocycles. The lowest BCUT2D eigenvalue weighted by Gasteiger charge is -2.58. The number of Topliss-reactive ketones (excluding diaryl/α,β-unsaturated/α-hetero) is 1. The molecule has 0 spiro atoms. The van der Waals surface area contributed by atoms with Crippen LogP contribution in [0.1, 0.15) is 72.1 Å². The van der Waals surface area contributed by atoms with E-state index < -0.39 is 0 Å². The molecule has 4 rings (SSSR count). The van der Waals surface area contributed by atoms with Crippen LogP contribution in [0.2, 0.25) is 0 Å². The minimum atomic E-state index is -0.282. The third kappa shape index (κ3) is 2.51. The number of ether oxygens (including phenoxy) is 1. The second-order valence-corrected chi connectivity index (χ2v) is 9.52. The van der Waals surface area contributed by atoms with Crippen molar-refractivity contribution in [2.24, 2.45) is 28.6 Å². The Bertz CT molecular complexity index is 653. The molecular weight excluding hydrogens is 328 g/mol. The molecule has 26 heavy (non-hydrogen) atoms. The van der Waals surface area contributed by atoms with Crippen molar-refractivity contribution in [3.05, 3.63) is 11.6 Å². The smallest absolute Gasteiger partial charge is 0.306 e. The quantitative estimate of drug-likeness (QED) is 0.601. The fraction of sp³-hybridized carbons (Fsp3) is 0.818. The van der Waals surface area contributed by atoms with Gasteiger partial charge in [0.1, 0.15) is 11.9 Å². The lowest BCUT2D eigenvalue weighted by atomic mass is 9.47. The Kier molecular flexibility index (Phi) is 4.33. The first-order chi connectivity index (χ1) is 12.3. The highest BCUT2D eigenvalue weighted by atomic mass is 16.5.